The largest absolute Gasteiger partial charge is 0.507 e. The second kappa shape index (κ2) is 9.43. The number of amides is 1. The lowest BCUT2D eigenvalue weighted by molar-refractivity contribution is -0.132. The lowest BCUT2D eigenvalue weighted by Gasteiger charge is -2.23. The molecule has 0 aliphatic carbocycles. The van der Waals surface area contributed by atoms with Gasteiger partial charge in [-0.15, -0.1) is 0 Å². The van der Waals surface area contributed by atoms with Crippen molar-refractivity contribution in [2.24, 2.45) is 0 Å². The van der Waals surface area contributed by atoms with Crippen molar-refractivity contribution in [2.45, 2.75) is 13.0 Å². The lowest BCUT2D eigenvalue weighted by atomic mass is 9.95. The molecule has 5 rings (SSSR count). The van der Waals surface area contributed by atoms with E-state index in [4.69, 9.17) is 9.47 Å². The van der Waals surface area contributed by atoms with E-state index in [1.165, 1.54) is 30.2 Å². The van der Waals surface area contributed by atoms with Crippen LogP contribution in [0.3, 0.4) is 0 Å². The van der Waals surface area contributed by atoms with Crippen molar-refractivity contribution in [1.29, 1.82) is 0 Å². The van der Waals surface area contributed by atoms with E-state index in [-0.39, 0.29) is 16.5 Å². The normalized spacial score (nSPS) is 17.1. The second-order valence-electron chi connectivity index (χ2n) is 8.01. The van der Waals surface area contributed by atoms with Crippen molar-refractivity contribution >= 4 is 44.1 Å². The number of aromatic nitrogens is 1. The molecule has 1 N–H and O–H groups in total. The standard InChI is InChI=1S/C27H21FN2O5S/c1-3-35-19-11-4-15(5-12-19)23-22(24(31)16-6-9-18(34-2)10-7-16)25(32)26(33)30(23)27-29-20-13-8-17(28)14-21(20)36-27/h4-14,23,31H,3H2,1-2H3/t23-/m1/s1. The van der Waals surface area contributed by atoms with E-state index in [0.29, 0.717) is 39.4 Å². The highest BCUT2D eigenvalue weighted by Crippen LogP contribution is 2.44. The van der Waals surface area contributed by atoms with Gasteiger partial charge in [0.15, 0.2) is 5.13 Å². The quantitative estimate of drug-likeness (QED) is 0.213. The Morgan fingerprint density at radius 1 is 1.06 bits per heavy atom. The van der Waals surface area contributed by atoms with Gasteiger partial charge in [-0.1, -0.05) is 23.5 Å². The molecule has 1 atom stereocenters. The van der Waals surface area contributed by atoms with Crippen molar-refractivity contribution in [3.05, 3.63) is 89.2 Å². The molecule has 0 saturated carbocycles. The number of methoxy groups -OCH3 is 1. The van der Waals surface area contributed by atoms with Gasteiger partial charge in [0, 0.05) is 5.56 Å². The molecule has 1 amide bonds. The lowest BCUT2D eigenvalue weighted by Crippen LogP contribution is -2.29. The van der Waals surface area contributed by atoms with E-state index >= 15 is 0 Å². The average Bonchev–Trinajstić information content (AvgIpc) is 3.42. The zero-order valence-corrected chi connectivity index (χ0v) is 20.2. The van der Waals surface area contributed by atoms with Crippen LogP contribution >= 0.6 is 11.3 Å². The summed E-state index contributed by atoms with van der Waals surface area (Å²) < 4.78 is 25.0. The molecule has 1 aliphatic rings. The van der Waals surface area contributed by atoms with E-state index in [2.05, 4.69) is 4.98 Å². The summed E-state index contributed by atoms with van der Waals surface area (Å²) in [5, 5.41) is 11.5. The van der Waals surface area contributed by atoms with Crippen LogP contribution in [0.15, 0.2) is 72.3 Å². The number of benzene rings is 3. The number of aliphatic hydroxyl groups excluding tert-OH is 1. The number of fused-ring (bicyclic) bond motifs is 1. The highest BCUT2D eigenvalue weighted by molar-refractivity contribution is 7.22. The van der Waals surface area contributed by atoms with Crippen LogP contribution in [0.4, 0.5) is 9.52 Å². The molecule has 1 aliphatic heterocycles. The van der Waals surface area contributed by atoms with Crippen molar-refractivity contribution in [2.75, 3.05) is 18.6 Å². The molecule has 0 spiro atoms. The fraction of sp³-hybridized carbons (Fsp3) is 0.148. The Hall–Kier alpha value is -4.24. The number of hydrogen-bond donors (Lipinski definition) is 1. The van der Waals surface area contributed by atoms with Gasteiger partial charge in [-0.3, -0.25) is 14.5 Å². The third-order valence-electron chi connectivity index (χ3n) is 5.86. The third kappa shape index (κ3) is 4.07. The van der Waals surface area contributed by atoms with Gasteiger partial charge in [0.1, 0.15) is 23.1 Å². The Balaban J connectivity index is 1.68. The van der Waals surface area contributed by atoms with Gasteiger partial charge in [-0.2, -0.15) is 0 Å². The molecule has 4 aromatic rings. The van der Waals surface area contributed by atoms with Crippen molar-refractivity contribution in [3.63, 3.8) is 0 Å². The topological polar surface area (TPSA) is 89.0 Å². The number of nitrogens with zero attached hydrogens (tertiary/aromatic N) is 2. The number of carbonyl (C=O) groups is 2. The molecule has 36 heavy (non-hydrogen) atoms. The molecule has 3 aromatic carbocycles. The fourth-order valence-corrected chi connectivity index (χ4v) is 5.17. The summed E-state index contributed by atoms with van der Waals surface area (Å²) in [5.41, 5.74) is 1.37. The minimum absolute atomic E-state index is 0.0697. The summed E-state index contributed by atoms with van der Waals surface area (Å²) in [6.07, 6.45) is 0. The van der Waals surface area contributed by atoms with Gasteiger partial charge in [0.25, 0.3) is 5.78 Å². The first kappa shape index (κ1) is 23.5. The first-order valence-electron chi connectivity index (χ1n) is 11.2. The second-order valence-corrected chi connectivity index (χ2v) is 9.02. The van der Waals surface area contributed by atoms with Crippen molar-refractivity contribution in [3.8, 4) is 11.5 Å². The SMILES string of the molecule is CCOc1ccc([C@@H]2C(=C(O)c3ccc(OC)cc3)C(=O)C(=O)N2c2nc3ccc(F)cc3s2)cc1. The zero-order valence-electron chi connectivity index (χ0n) is 19.4. The van der Waals surface area contributed by atoms with Crippen molar-refractivity contribution < 1.29 is 28.6 Å². The Morgan fingerprint density at radius 3 is 2.42 bits per heavy atom. The molecule has 1 aromatic heterocycles. The first-order valence-corrected chi connectivity index (χ1v) is 12.0. The highest BCUT2D eigenvalue weighted by Gasteiger charge is 2.48. The Morgan fingerprint density at radius 2 is 1.75 bits per heavy atom. The Bertz CT molecular complexity index is 1500. The molecule has 182 valence electrons. The van der Waals surface area contributed by atoms with Gasteiger partial charge in [-0.25, -0.2) is 9.37 Å². The van der Waals surface area contributed by atoms with E-state index in [1.54, 1.807) is 48.5 Å². The average molecular weight is 505 g/mol. The van der Waals surface area contributed by atoms with Crippen LogP contribution in [0.5, 0.6) is 11.5 Å². The number of ketones is 1. The molecular weight excluding hydrogens is 483 g/mol. The number of carbonyl (C=O) groups excluding carboxylic acids is 2. The maximum Gasteiger partial charge on any atom is 0.301 e. The molecule has 0 bridgehead atoms. The molecule has 1 saturated heterocycles. The Labute approximate surface area is 210 Å². The van der Waals surface area contributed by atoms with Crippen LogP contribution in [0.1, 0.15) is 24.1 Å². The molecule has 0 unspecified atom stereocenters. The van der Waals surface area contributed by atoms with E-state index in [9.17, 15) is 19.1 Å². The number of aliphatic hydroxyl groups is 1. The predicted octanol–water partition coefficient (Wildman–Crippen LogP) is 5.47. The van der Waals surface area contributed by atoms with Gasteiger partial charge < -0.3 is 14.6 Å². The minimum Gasteiger partial charge on any atom is -0.507 e. The monoisotopic (exact) mass is 504 g/mol. The van der Waals surface area contributed by atoms with Crippen LogP contribution < -0.4 is 14.4 Å². The maximum absolute atomic E-state index is 13.8. The third-order valence-corrected chi connectivity index (χ3v) is 6.88. The number of ether oxygens (including phenoxy) is 2. The molecule has 2 heterocycles. The fourth-order valence-electron chi connectivity index (χ4n) is 4.15. The summed E-state index contributed by atoms with van der Waals surface area (Å²) in [5.74, 6) is -1.21. The summed E-state index contributed by atoms with van der Waals surface area (Å²) in [4.78, 5) is 32.4. The van der Waals surface area contributed by atoms with Gasteiger partial charge in [-0.05, 0) is 67.1 Å². The number of halogens is 1. The molecule has 1 fully saturated rings. The number of hydrogen-bond acceptors (Lipinski definition) is 7. The van der Waals surface area contributed by atoms with Crippen LogP contribution in [0.25, 0.3) is 16.0 Å². The summed E-state index contributed by atoms with van der Waals surface area (Å²) in [7, 11) is 1.52. The number of anilines is 1. The molecule has 0 radical (unpaired) electrons. The van der Waals surface area contributed by atoms with Crippen LogP contribution in [-0.2, 0) is 9.59 Å². The molecule has 9 heteroatoms. The maximum atomic E-state index is 13.8. The zero-order chi connectivity index (χ0) is 25.4. The minimum atomic E-state index is -0.951. The Kier molecular flexibility index (Phi) is 6.15. The number of thiazole rings is 1. The predicted molar refractivity (Wildman–Crippen MR) is 135 cm³/mol. The summed E-state index contributed by atoms with van der Waals surface area (Å²) in [6.45, 7) is 2.35. The van der Waals surface area contributed by atoms with Gasteiger partial charge in [0.05, 0.1) is 35.5 Å². The van der Waals surface area contributed by atoms with E-state index < -0.39 is 23.5 Å². The van der Waals surface area contributed by atoms with Crippen molar-refractivity contribution in [1.82, 2.24) is 4.98 Å². The number of Topliss-reactive ketones (excluding diaryl/α,β-unsaturated/α-hetero) is 1. The van der Waals surface area contributed by atoms with Gasteiger partial charge in [0.2, 0.25) is 0 Å². The first-order chi connectivity index (χ1) is 17.4. The van der Waals surface area contributed by atoms with Gasteiger partial charge >= 0.3 is 5.91 Å². The van der Waals surface area contributed by atoms with E-state index in [0.717, 1.165) is 11.3 Å². The van der Waals surface area contributed by atoms with Crippen LogP contribution in [-0.4, -0.2) is 35.5 Å². The van der Waals surface area contributed by atoms with E-state index in [1.807, 2.05) is 6.92 Å². The smallest absolute Gasteiger partial charge is 0.301 e. The number of rotatable bonds is 6. The molecular formula is C27H21FN2O5S. The highest BCUT2D eigenvalue weighted by atomic mass is 32.1. The molecule has 7 nitrogen and oxygen atoms in total. The van der Waals surface area contributed by atoms with Crippen LogP contribution in [0, 0.1) is 5.82 Å². The summed E-state index contributed by atoms with van der Waals surface area (Å²) >= 11 is 1.09. The van der Waals surface area contributed by atoms with Crippen LogP contribution in [0.2, 0.25) is 0 Å². The summed E-state index contributed by atoms with van der Waals surface area (Å²) in [6, 6.07) is 16.7.